The molecule has 33 heavy (non-hydrogen) atoms. The Labute approximate surface area is 202 Å². The first-order chi connectivity index (χ1) is 16.0. The lowest BCUT2D eigenvalue weighted by Crippen LogP contribution is -2.07. The Hall–Kier alpha value is -3.02. The zero-order chi connectivity index (χ0) is 23.5. The summed E-state index contributed by atoms with van der Waals surface area (Å²) in [4.78, 5) is 13.1. The van der Waals surface area contributed by atoms with Crippen LogP contribution < -0.4 is 10.1 Å². The molecule has 0 saturated heterocycles. The highest BCUT2D eigenvalue weighted by Gasteiger charge is 2.03. The molecule has 0 aliphatic heterocycles. The van der Waals surface area contributed by atoms with Gasteiger partial charge in [0.1, 0.15) is 12.4 Å². The van der Waals surface area contributed by atoms with Gasteiger partial charge in [0, 0.05) is 23.3 Å². The molecule has 5 heteroatoms. The minimum atomic E-state index is -0.176. The Morgan fingerprint density at radius 1 is 0.939 bits per heavy atom. The van der Waals surface area contributed by atoms with E-state index in [1.807, 2.05) is 54.6 Å². The highest BCUT2D eigenvalue weighted by atomic mass is 32.1. The van der Waals surface area contributed by atoms with Gasteiger partial charge in [0.25, 0.3) is 0 Å². The van der Waals surface area contributed by atoms with Crippen molar-refractivity contribution in [2.45, 2.75) is 31.6 Å². The minimum absolute atomic E-state index is 0.176. The average Bonchev–Trinajstić information content (AvgIpc) is 2.81. The van der Waals surface area contributed by atoms with E-state index in [2.05, 4.69) is 50.0 Å². The summed E-state index contributed by atoms with van der Waals surface area (Å²) in [6.07, 6.45) is 5.59. The smallest absolute Gasteiger partial charge is 0.248 e. The van der Waals surface area contributed by atoms with E-state index in [1.54, 1.807) is 6.08 Å². The third-order valence-electron chi connectivity index (χ3n) is 4.99. The van der Waals surface area contributed by atoms with Gasteiger partial charge in [-0.15, -0.1) is 12.6 Å². The first kappa shape index (κ1) is 24.6. The van der Waals surface area contributed by atoms with Crippen LogP contribution in [0.25, 0.3) is 17.2 Å². The van der Waals surface area contributed by atoms with Crippen LogP contribution in [0.1, 0.15) is 30.9 Å². The summed E-state index contributed by atoms with van der Waals surface area (Å²) in [6.45, 7) is 6.13. The Balaban J connectivity index is 1.59. The molecule has 0 atom stereocenters. The Morgan fingerprint density at radius 2 is 1.70 bits per heavy atom. The van der Waals surface area contributed by atoms with E-state index in [9.17, 15) is 4.79 Å². The van der Waals surface area contributed by atoms with Crippen LogP contribution in [0.15, 0.2) is 77.7 Å². The molecule has 0 heterocycles. The van der Waals surface area contributed by atoms with Gasteiger partial charge in [-0.1, -0.05) is 37.6 Å². The average molecular weight is 462 g/mol. The van der Waals surface area contributed by atoms with Crippen molar-refractivity contribution in [1.29, 1.82) is 0 Å². The van der Waals surface area contributed by atoms with Gasteiger partial charge in [-0.3, -0.25) is 4.79 Å². The first-order valence-electron chi connectivity index (χ1n) is 11.2. The number of carbonyl (C=O) groups excluding carboxylic acids is 1. The molecule has 0 aliphatic carbocycles. The molecule has 0 fully saturated rings. The van der Waals surface area contributed by atoms with Crippen molar-refractivity contribution in [3.63, 3.8) is 0 Å². The Kier molecular flexibility index (Phi) is 9.60. The van der Waals surface area contributed by atoms with Crippen LogP contribution in [0.4, 0.5) is 5.69 Å². The van der Waals surface area contributed by atoms with Crippen molar-refractivity contribution in [2.24, 2.45) is 0 Å². The van der Waals surface area contributed by atoms with Crippen LogP contribution in [-0.4, -0.2) is 25.7 Å². The van der Waals surface area contributed by atoms with Gasteiger partial charge in [0.05, 0.1) is 6.61 Å². The number of ether oxygens (including phenoxy) is 2. The van der Waals surface area contributed by atoms with Crippen molar-refractivity contribution < 1.29 is 14.3 Å². The van der Waals surface area contributed by atoms with Crippen molar-refractivity contribution in [1.82, 2.24) is 0 Å². The monoisotopic (exact) mass is 461 g/mol. The zero-order valence-corrected chi connectivity index (χ0v) is 20.1. The summed E-state index contributed by atoms with van der Waals surface area (Å²) in [5.74, 6) is 0.651. The highest BCUT2D eigenvalue weighted by Crippen LogP contribution is 2.25. The van der Waals surface area contributed by atoms with Gasteiger partial charge in [-0.2, -0.15) is 0 Å². The first-order valence-corrected chi connectivity index (χ1v) is 11.7. The summed E-state index contributed by atoms with van der Waals surface area (Å²) in [6, 6.07) is 21.6. The Bertz CT molecular complexity index is 1060. The topological polar surface area (TPSA) is 47.6 Å². The number of nitrogens with one attached hydrogen (secondary N) is 1. The minimum Gasteiger partial charge on any atom is -0.491 e. The van der Waals surface area contributed by atoms with E-state index in [0.717, 1.165) is 58.0 Å². The lowest BCUT2D eigenvalue weighted by atomic mass is 10.00. The number of unbranched alkanes of at least 4 members (excludes halogenated alkanes) is 1. The number of rotatable bonds is 11. The second-order valence-electron chi connectivity index (χ2n) is 7.84. The Morgan fingerprint density at radius 3 is 2.42 bits per heavy atom. The van der Waals surface area contributed by atoms with Crippen molar-refractivity contribution in [3.05, 3.63) is 83.9 Å². The maximum absolute atomic E-state index is 12.3. The second kappa shape index (κ2) is 12.9. The number of thiol groups is 1. The van der Waals surface area contributed by atoms with Gasteiger partial charge in [-0.25, -0.2) is 0 Å². The molecule has 0 saturated carbocycles. The number of carbonyl (C=O) groups is 1. The van der Waals surface area contributed by atoms with Crippen LogP contribution >= 0.6 is 12.6 Å². The molecule has 0 aromatic heterocycles. The summed E-state index contributed by atoms with van der Waals surface area (Å²) >= 11 is 4.26. The van der Waals surface area contributed by atoms with E-state index in [0.29, 0.717) is 13.2 Å². The summed E-state index contributed by atoms with van der Waals surface area (Å²) in [7, 11) is 0. The molecule has 3 aromatic carbocycles. The predicted octanol–water partition coefficient (Wildman–Crippen LogP) is 6.80. The fourth-order valence-electron chi connectivity index (χ4n) is 3.29. The van der Waals surface area contributed by atoms with Gasteiger partial charge in [0.2, 0.25) is 5.91 Å². The standard InChI is InChI=1S/C28H31NO3S/c1-3-4-15-31-16-17-32-26-10-6-23(7-11-26)24-19-21(2)18-22(20-24)5-14-28(30)29-25-8-12-27(33)13-9-25/h5-14,18-20,33H,3-4,15-17H2,1-2H3,(H,29,30)/b14-5+. The van der Waals surface area contributed by atoms with E-state index in [4.69, 9.17) is 9.47 Å². The highest BCUT2D eigenvalue weighted by molar-refractivity contribution is 7.80. The van der Waals surface area contributed by atoms with Gasteiger partial charge in [-0.05, 0) is 84.1 Å². The lowest BCUT2D eigenvalue weighted by Gasteiger charge is -2.09. The van der Waals surface area contributed by atoms with Crippen LogP contribution in [-0.2, 0) is 9.53 Å². The molecule has 0 unspecified atom stereocenters. The van der Waals surface area contributed by atoms with Gasteiger partial charge < -0.3 is 14.8 Å². The molecule has 0 spiro atoms. The molecule has 3 aromatic rings. The van der Waals surface area contributed by atoms with Crippen molar-refractivity contribution in [2.75, 3.05) is 25.1 Å². The third-order valence-corrected chi connectivity index (χ3v) is 5.29. The van der Waals surface area contributed by atoms with Gasteiger partial charge in [0.15, 0.2) is 0 Å². The summed E-state index contributed by atoms with van der Waals surface area (Å²) in [5.41, 5.74) is 5.02. The quantitative estimate of drug-likeness (QED) is 0.188. The van der Waals surface area contributed by atoms with E-state index in [1.165, 1.54) is 0 Å². The SMILES string of the molecule is CCCCOCCOc1ccc(-c2cc(C)cc(/C=C/C(=O)Nc3ccc(S)cc3)c2)cc1. The second-order valence-corrected chi connectivity index (χ2v) is 8.36. The number of aryl methyl sites for hydroxylation is 1. The molecule has 0 aliphatic rings. The van der Waals surface area contributed by atoms with Crippen molar-refractivity contribution >= 4 is 30.3 Å². The number of benzene rings is 3. The van der Waals surface area contributed by atoms with E-state index >= 15 is 0 Å². The summed E-state index contributed by atoms with van der Waals surface area (Å²) in [5, 5.41) is 2.85. The molecule has 0 radical (unpaired) electrons. The number of anilines is 1. The predicted molar refractivity (Wildman–Crippen MR) is 139 cm³/mol. The fraction of sp³-hybridized carbons (Fsp3) is 0.250. The summed E-state index contributed by atoms with van der Waals surface area (Å²) < 4.78 is 11.3. The lowest BCUT2D eigenvalue weighted by molar-refractivity contribution is -0.111. The van der Waals surface area contributed by atoms with Crippen LogP contribution in [0.3, 0.4) is 0 Å². The maximum atomic E-state index is 12.3. The molecular formula is C28H31NO3S. The van der Waals surface area contributed by atoms with E-state index < -0.39 is 0 Å². The van der Waals surface area contributed by atoms with E-state index in [-0.39, 0.29) is 5.91 Å². The normalized spacial score (nSPS) is 11.0. The zero-order valence-electron chi connectivity index (χ0n) is 19.2. The number of hydrogen-bond donors (Lipinski definition) is 2. The van der Waals surface area contributed by atoms with Crippen LogP contribution in [0, 0.1) is 6.92 Å². The largest absolute Gasteiger partial charge is 0.491 e. The molecule has 3 rings (SSSR count). The molecule has 4 nitrogen and oxygen atoms in total. The maximum Gasteiger partial charge on any atom is 0.248 e. The fourth-order valence-corrected chi connectivity index (χ4v) is 3.44. The van der Waals surface area contributed by atoms with Crippen LogP contribution in [0.5, 0.6) is 5.75 Å². The number of amides is 1. The molecule has 0 bridgehead atoms. The molecule has 172 valence electrons. The van der Waals surface area contributed by atoms with Crippen LogP contribution in [0.2, 0.25) is 0 Å². The number of hydrogen-bond acceptors (Lipinski definition) is 4. The molecule has 1 N–H and O–H groups in total. The molecule has 1 amide bonds. The van der Waals surface area contributed by atoms with Crippen molar-refractivity contribution in [3.8, 4) is 16.9 Å². The third kappa shape index (κ3) is 8.44. The molecular weight excluding hydrogens is 430 g/mol. The van der Waals surface area contributed by atoms with Gasteiger partial charge >= 0.3 is 0 Å².